The predicted molar refractivity (Wildman–Crippen MR) is 100 cm³/mol. The SMILES string of the molecule is O=C(O)C=Cc1ccc(N[C@H]2CCN(C(=O)c3ccc(Cl)cc3)C2)nc1. The standard InChI is InChI=1S/C19H18ClN3O3/c20-15-5-3-14(4-6-15)19(26)23-10-9-16(12-23)22-17-7-1-13(11-21-17)2-8-18(24)25/h1-8,11,16H,9-10,12H2,(H,21,22)(H,24,25)/t16-/m0/s1. The van der Waals surface area contributed by atoms with Crippen molar-refractivity contribution in [3.05, 3.63) is 64.8 Å². The topological polar surface area (TPSA) is 82.5 Å². The van der Waals surface area contributed by atoms with Crippen LogP contribution in [0.4, 0.5) is 5.82 Å². The van der Waals surface area contributed by atoms with Gasteiger partial charge in [-0.2, -0.15) is 0 Å². The molecule has 1 aliphatic heterocycles. The third kappa shape index (κ3) is 4.61. The number of anilines is 1. The normalized spacial score (nSPS) is 16.8. The molecule has 1 amide bonds. The van der Waals surface area contributed by atoms with Crippen molar-refractivity contribution < 1.29 is 14.7 Å². The molecule has 0 aliphatic carbocycles. The largest absolute Gasteiger partial charge is 0.478 e. The monoisotopic (exact) mass is 371 g/mol. The molecular weight excluding hydrogens is 354 g/mol. The lowest BCUT2D eigenvalue weighted by molar-refractivity contribution is -0.131. The van der Waals surface area contributed by atoms with E-state index in [1.165, 1.54) is 6.08 Å². The quantitative estimate of drug-likeness (QED) is 0.789. The highest BCUT2D eigenvalue weighted by Crippen LogP contribution is 2.18. The van der Waals surface area contributed by atoms with E-state index in [2.05, 4.69) is 10.3 Å². The van der Waals surface area contributed by atoms with Crippen molar-refractivity contribution >= 4 is 35.4 Å². The van der Waals surface area contributed by atoms with Crippen LogP contribution in [0.3, 0.4) is 0 Å². The summed E-state index contributed by atoms with van der Waals surface area (Å²) in [6, 6.07) is 10.6. The van der Waals surface area contributed by atoms with Gasteiger partial charge in [-0.05, 0) is 54.5 Å². The lowest BCUT2D eigenvalue weighted by atomic mass is 10.2. The van der Waals surface area contributed by atoms with Crippen molar-refractivity contribution in [2.45, 2.75) is 12.5 Å². The molecule has 2 N–H and O–H groups in total. The molecule has 7 heteroatoms. The van der Waals surface area contributed by atoms with Gasteiger partial charge < -0.3 is 15.3 Å². The van der Waals surface area contributed by atoms with Crippen LogP contribution in [0.25, 0.3) is 6.08 Å². The van der Waals surface area contributed by atoms with E-state index in [1.54, 1.807) is 42.6 Å². The van der Waals surface area contributed by atoms with Crippen molar-refractivity contribution in [1.29, 1.82) is 0 Å². The lowest BCUT2D eigenvalue weighted by Gasteiger charge is -2.17. The number of carboxylic acid groups (broad SMARTS) is 1. The van der Waals surface area contributed by atoms with Gasteiger partial charge >= 0.3 is 5.97 Å². The summed E-state index contributed by atoms with van der Waals surface area (Å²) in [7, 11) is 0. The number of amides is 1. The Kier molecular flexibility index (Phi) is 5.53. The van der Waals surface area contributed by atoms with Crippen LogP contribution >= 0.6 is 11.6 Å². The minimum Gasteiger partial charge on any atom is -0.478 e. The zero-order valence-electron chi connectivity index (χ0n) is 13.9. The number of halogens is 1. The highest BCUT2D eigenvalue weighted by atomic mass is 35.5. The zero-order chi connectivity index (χ0) is 18.5. The lowest BCUT2D eigenvalue weighted by Crippen LogP contribution is -2.31. The highest BCUT2D eigenvalue weighted by Gasteiger charge is 2.27. The van der Waals surface area contributed by atoms with Gasteiger partial charge in [-0.25, -0.2) is 9.78 Å². The first-order valence-corrected chi connectivity index (χ1v) is 8.57. The summed E-state index contributed by atoms with van der Waals surface area (Å²) < 4.78 is 0. The number of likely N-dealkylation sites (tertiary alicyclic amines) is 1. The van der Waals surface area contributed by atoms with Gasteiger partial charge in [0.2, 0.25) is 0 Å². The van der Waals surface area contributed by atoms with Gasteiger partial charge in [0, 0.05) is 42.0 Å². The third-order valence-electron chi connectivity index (χ3n) is 4.12. The Morgan fingerprint density at radius 1 is 1.23 bits per heavy atom. The van der Waals surface area contributed by atoms with Crippen LogP contribution in [0.5, 0.6) is 0 Å². The van der Waals surface area contributed by atoms with Crippen molar-refractivity contribution in [1.82, 2.24) is 9.88 Å². The minimum atomic E-state index is -0.997. The molecule has 1 aromatic carbocycles. The van der Waals surface area contributed by atoms with E-state index in [-0.39, 0.29) is 11.9 Å². The summed E-state index contributed by atoms with van der Waals surface area (Å²) in [5, 5.41) is 12.5. The number of rotatable bonds is 5. The first-order valence-electron chi connectivity index (χ1n) is 8.20. The summed E-state index contributed by atoms with van der Waals surface area (Å²) >= 11 is 5.86. The number of carboxylic acids is 1. The van der Waals surface area contributed by atoms with Crippen molar-refractivity contribution in [2.24, 2.45) is 0 Å². The third-order valence-corrected chi connectivity index (χ3v) is 4.38. The zero-order valence-corrected chi connectivity index (χ0v) is 14.7. The highest BCUT2D eigenvalue weighted by molar-refractivity contribution is 6.30. The molecule has 26 heavy (non-hydrogen) atoms. The Morgan fingerprint density at radius 2 is 2.00 bits per heavy atom. The summed E-state index contributed by atoms with van der Waals surface area (Å²) in [5.74, 6) is -0.306. The number of carbonyl (C=O) groups excluding carboxylic acids is 1. The van der Waals surface area contributed by atoms with Crippen LogP contribution in [0.2, 0.25) is 5.02 Å². The van der Waals surface area contributed by atoms with E-state index in [0.29, 0.717) is 35.1 Å². The van der Waals surface area contributed by atoms with E-state index in [9.17, 15) is 9.59 Å². The van der Waals surface area contributed by atoms with Crippen molar-refractivity contribution in [3.63, 3.8) is 0 Å². The van der Waals surface area contributed by atoms with Crippen LogP contribution in [-0.2, 0) is 4.79 Å². The maximum atomic E-state index is 12.5. The van der Waals surface area contributed by atoms with Gasteiger partial charge in [-0.15, -0.1) is 0 Å². The van der Waals surface area contributed by atoms with Gasteiger partial charge in [-0.3, -0.25) is 4.79 Å². The first kappa shape index (κ1) is 17.9. The Morgan fingerprint density at radius 3 is 2.65 bits per heavy atom. The summed E-state index contributed by atoms with van der Waals surface area (Å²) in [5.41, 5.74) is 1.34. The molecule has 2 heterocycles. The molecule has 6 nitrogen and oxygen atoms in total. The Bertz CT molecular complexity index is 819. The number of aliphatic carboxylic acids is 1. The maximum absolute atomic E-state index is 12.5. The van der Waals surface area contributed by atoms with Crippen LogP contribution in [-0.4, -0.2) is 46.0 Å². The molecular formula is C19H18ClN3O3. The number of pyridine rings is 1. The van der Waals surface area contributed by atoms with Crippen molar-refractivity contribution in [2.75, 3.05) is 18.4 Å². The second-order valence-electron chi connectivity index (χ2n) is 6.04. The van der Waals surface area contributed by atoms with Gasteiger partial charge in [0.05, 0.1) is 0 Å². The number of nitrogens with one attached hydrogen (secondary N) is 1. The average molecular weight is 372 g/mol. The molecule has 0 radical (unpaired) electrons. The van der Waals surface area contributed by atoms with Crippen LogP contribution in [0.15, 0.2) is 48.7 Å². The fourth-order valence-corrected chi connectivity index (χ4v) is 2.93. The predicted octanol–water partition coefficient (Wildman–Crippen LogP) is 3.16. The molecule has 1 atom stereocenters. The Labute approximate surface area is 156 Å². The first-order chi connectivity index (χ1) is 12.5. The molecule has 1 saturated heterocycles. The van der Waals surface area contributed by atoms with Gasteiger partial charge in [0.15, 0.2) is 0 Å². The van der Waals surface area contributed by atoms with E-state index in [1.807, 2.05) is 4.90 Å². The molecule has 1 aliphatic rings. The Balaban J connectivity index is 1.56. The second-order valence-corrected chi connectivity index (χ2v) is 6.47. The number of nitrogens with zero attached hydrogens (tertiary/aromatic N) is 2. The summed E-state index contributed by atoms with van der Waals surface area (Å²) in [6.45, 7) is 1.28. The number of carbonyl (C=O) groups is 2. The van der Waals surface area contributed by atoms with Gasteiger partial charge in [0.25, 0.3) is 5.91 Å². The second kappa shape index (κ2) is 8.01. The molecule has 1 aromatic heterocycles. The van der Waals surface area contributed by atoms with E-state index in [4.69, 9.17) is 16.7 Å². The Hall–Kier alpha value is -2.86. The molecule has 1 fully saturated rings. The molecule has 134 valence electrons. The van der Waals surface area contributed by atoms with Crippen molar-refractivity contribution in [3.8, 4) is 0 Å². The molecule has 2 aromatic rings. The molecule has 3 rings (SSSR count). The maximum Gasteiger partial charge on any atom is 0.328 e. The van der Waals surface area contributed by atoms with E-state index >= 15 is 0 Å². The van der Waals surface area contributed by atoms with Crippen LogP contribution in [0, 0.1) is 0 Å². The average Bonchev–Trinajstić information content (AvgIpc) is 3.09. The van der Waals surface area contributed by atoms with E-state index in [0.717, 1.165) is 12.5 Å². The summed E-state index contributed by atoms with van der Waals surface area (Å²) in [6.07, 6.45) is 5.00. The molecule has 0 unspecified atom stereocenters. The number of benzene rings is 1. The van der Waals surface area contributed by atoms with Gasteiger partial charge in [0.1, 0.15) is 5.82 Å². The molecule has 0 saturated carbocycles. The number of hydrogen-bond donors (Lipinski definition) is 2. The molecule has 0 spiro atoms. The number of hydrogen-bond acceptors (Lipinski definition) is 4. The fourth-order valence-electron chi connectivity index (χ4n) is 2.80. The molecule has 0 bridgehead atoms. The fraction of sp³-hybridized carbons (Fsp3) is 0.211. The van der Waals surface area contributed by atoms with Crippen LogP contribution in [0.1, 0.15) is 22.3 Å². The summed E-state index contributed by atoms with van der Waals surface area (Å²) in [4.78, 5) is 29.1. The van der Waals surface area contributed by atoms with E-state index < -0.39 is 5.97 Å². The smallest absolute Gasteiger partial charge is 0.328 e. The minimum absolute atomic E-state index is 0.00641. The number of aromatic nitrogens is 1. The van der Waals surface area contributed by atoms with Crippen LogP contribution < -0.4 is 5.32 Å². The van der Waals surface area contributed by atoms with Gasteiger partial charge in [-0.1, -0.05) is 11.6 Å².